The number of hydrogen-bond acceptors (Lipinski definition) is 6. The van der Waals surface area contributed by atoms with Crippen LogP contribution in [0.2, 0.25) is 0 Å². The lowest BCUT2D eigenvalue weighted by Gasteiger charge is -2.38. The summed E-state index contributed by atoms with van der Waals surface area (Å²) in [7, 11) is 0. The average Bonchev–Trinajstić information content (AvgIpc) is 3.20. The molecule has 2 fully saturated rings. The van der Waals surface area contributed by atoms with Crippen LogP contribution in [0.3, 0.4) is 0 Å². The van der Waals surface area contributed by atoms with Crippen LogP contribution in [0.15, 0.2) is 54.9 Å². The van der Waals surface area contributed by atoms with Gasteiger partial charge in [0.2, 0.25) is 0 Å². The van der Waals surface area contributed by atoms with E-state index in [1.807, 2.05) is 12.1 Å². The molecule has 2 aromatic carbocycles. The van der Waals surface area contributed by atoms with Gasteiger partial charge in [-0.15, -0.1) is 0 Å². The van der Waals surface area contributed by atoms with Gasteiger partial charge in [-0.25, -0.2) is 18.7 Å². The van der Waals surface area contributed by atoms with Crippen LogP contribution in [-0.4, -0.2) is 42.7 Å². The molecule has 0 aliphatic carbocycles. The van der Waals surface area contributed by atoms with Crippen molar-refractivity contribution in [2.24, 2.45) is 11.8 Å². The Kier molecular flexibility index (Phi) is 8.26. The molecule has 196 valence electrons. The molecular weight excluding hydrogens is 470 g/mol. The standard InChI is InChI=1S/C29H36F2N6/c30-24-7-3-21(4-8-24)26-28(32)35-19-36-29(26)37-16-12-23(13-17-37)27(22-5-9-25(31)10-6-22)34-18-20-2-1-14-33-15-11-20/h3-10,19-20,23,27,33-34H,1-2,11-18H2,(H2,32,35,36). The Labute approximate surface area is 217 Å². The molecule has 5 rings (SSSR count). The molecule has 0 saturated carbocycles. The summed E-state index contributed by atoms with van der Waals surface area (Å²) in [5.74, 6) is 1.75. The zero-order chi connectivity index (χ0) is 25.6. The molecule has 0 amide bonds. The van der Waals surface area contributed by atoms with Crippen LogP contribution in [-0.2, 0) is 0 Å². The molecular formula is C29H36F2N6. The third kappa shape index (κ3) is 6.25. The first kappa shape index (κ1) is 25.5. The third-order valence-corrected chi connectivity index (χ3v) is 7.85. The van der Waals surface area contributed by atoms with E-state index >= 15 is 0 Å². The van der Waals surface area contributed by atoms with Crippen LogP contribution in [0, 0.1) is 23.5 Å². The summed E-state index contributed by atoms with van der Waals surface area (Å²) >= 11 is 0. The lowest BCUT2D eigenvalue weighted by Crippen LogP contribution is -2.41. The van der Waals surface area contributed by atoms with Gasteiger partial charge in [0.05, 0.1) is 5.56 Å². The molecule has 37 heavy (non-hydrogen) atoms. The number of nitrogen functional groups attached to an aromatic ring is 1. The molecule has 8 heteroatoms. The molecule has 2 aliphatic rings. The number of anilines is 2. The number of benzene rings is 2. The first-order chi connectivity index (χ1) is 18.1. The topological polar surface area (TPSA) is 79.1 Å². The zero-order valence-electron chi connectivity index (χ0n) is 21.2. The first-order valence-electron chi connectivity index (χ1n) is 13.4. The molecule has 3 aromatic rings. The Bertz CT molecular complexity index is 1140. The summed E-state index contributed by atoms with van der Waals surface area (Å²) < 4.78 is 27.2. The van der Waals surface area contributed by atoms with E-state index < -0.39 is 0 Å². The van der Waals surface area contributed by atoms with Crippen LogP contribution in [0.1, 0.15) is 43.7 Å². The predicted molar refractivity (Wildman–Crippen MR) is 144 cm³/mol. The van der Waals surface area contributed by atoms with Crippen LogP contribution in [0.4, 0.5) is 20.4 Å². The van der Waals surface area contributed by atoms with Crippen LogP contribution in [0.25, 0.3) is 11.1 Å². The minimum Gasteiger partial charge on any atom is -0.383 e. The van der Waals surface area contributed by atoms with E-state index in [0.29, 0.717) is 17.7 Å². The van der Waals surface area contributed by atoms with Gasteiger partial charge in [0, 0.05) is 19.1 Å². The quantitative estimate of drug-likeness (QED) is 0.421. The van der Waals surface area contributed by atoms with Crippen molar-refractivity contribution in [3.8, 4) is 11.1 Å². The molecule has 2 aliphatic heterocycles. The third-order valence-electron chi connectivity index (χ3n) is 7.85. The molecule has 2 saturated heterocycles. The van der Waals surface area contributed by atoms with E-state index in [9.17, 15) is 8.78 Å². The van der Waals surface area contributed by atoms with Gasteiger partial charge >= 0.3 is 0 Å². The van der Waals surface area contributed by atoms with Gasteiger partial charge in [-0.2, -0.15) is 0 Å². The highest BCUT2D eigenvalue weighted by Gasteiger charge is 2.30. The van der Waals surface area contributed by atoms with Gasteiger partial charge in [-0.1, -0.05) is 24.3 Å². The second-order valence-electron chi connectivity index (χ2n) is 10.3. The largest absolute Gasteiger partial charge is 0.383 e. The minimum atomic E-state index is -0.291. The fourth-order valence-corrected chi connectivity index (χ4v) is 5.78. The van der Waals surface area contributed by atoms with E-state index in [0.717, 1.165) is 68.1 Å². The normalized spacial score (nSPS) is 19.9. The summed E-state index contributed by atoms with van der Waals surface area (Å²) in [5, 5.41) is 7.38. The highest BCUT2D eigenvalue weighted by atomic mass is 19.1. The Morgan fingerprint density at radius 2 is 1.62 bits per heavy atom. The second-order valence-corrected chi connectivity index (χ2v) is 10.3. The van der Waals surface area contributed by atoms with Crippen molar-refractivity contribution in [1.82, 2.24) is 20.6 Å². The van der Waals surface area contributed by atoms with Gasteiger partial charge in [0.1, 0.15) is 29.6 Å². The maximum absolute atomic E-state index is 13.7. The maximum atomic E-state index is 13.7. The summed E-state index contributed by atoms with van der Waals surface area (Å²) in [4.78, 5) is 11.0. The number of piperidine rings is 1. The number of nitrogens with zero attached hydrogens (tertiary/aromatic N) is 3. The highest BCUT2D eigenvalue weighted by molar-refractivity contribution is 5.84. The summed E-state index contributed by atoms with van der Waals surface area (Å²) in [6.07, 6.45) is 7.06. The number of aromatic nitrogens is 2. The van der Waals surface area contributed by atoms with Crippen LogP contribution in [0.5, 0.6) is 0 Å². The minimum absolute atomic E-state index is 0.172. The monoisotopic (exact) mass is 506 g/mol. The first-order valence-corrected chi connectivity index (χ1v) is 13.4. The fraction of sp³-hybridized carbons (Fsp3) is 0.448. The molecule has 1 aromatic heterocycles. The molecule has 6 nitrogen and oxygen atoms in total. The van der Waals surface area contributed by atoms with Crippen molar-refractivity contribution in [1.29, 1.82) is 0 Å². The fourth-order valence-electron chi connectivity index (χ4n) is 5.78. The Hall–Kier alpha value is -3.10. The Balaban J connectivity index is 1.31. The van der Waals surface area contributed by atoms with Gasteiger partial charge in [-0.05, 0) is 99.0 Å². The predicted octanol–water partition coefficient (Wildman–Crippen LogP) is 4.94. The number of rotatable bonds is 7. The maximum Gasteiger partial charge on any atom is 0.142 e. The Morgan fingerprint density at radius 1 is 0.919 bits per heavy atom. The summed E-state index contributed by atoms with van der Waals surface area (Å²) in [6, 6.07) is 13.4. The molecule has 0 bridgehead atoms. The van der Waals surface area contributed by atoms with E-state index in [4.69, 9.17) is 5.73 Å². The van der Waals surface area contributed by atoms with Gasteiger partial charge in [0.15, 0.2) is 0 Å². The van der Waals surface area contributed by atoms with Gasteiger partial charge < -0.3 is 21.3 Å². The van der Waals surface area contributed by atoms with Crippen LogP contribution >= 0.6 is 0 Å². The molecule has 2 unspecified atom stereocenters. The molecule has 0 radical (unpaired) electrons. The summed E-state index contributed by atoms with van der Waals surface area (Å²) in [6.45, 7) is 4.79. The number of hydrogen-bond donors (Lipinski definition) is 3. The van der Waals surface area contributed by atoms with E-state index in [-0.39, 0.29) is 17.7 Å². The molecule has 3 heterocycles. The van der Waals surface area contributed by atoms with Crippen molar-refractivity contribution in [2.75, 3.05) is 43.4 Å². The van der Waals surface area contributed by atoms with Gasteiger partial charge in [-0.3, -0.25) is 0 Å². The van der Waals surface area contributed by atoms with E-state index in [1.165, 1.54) is 37.7 Å². The lowest BCUT2D eigenvalue weighted by atomic mass is 9.84. The SMILES string of the molecule is Nc1ncnc(N2CCC(C(NCC3CCCNCC3)c3ccc(F)cc3)CC2)c1-c1ccc(F)cc1. The van der Waals surface area contributed by atoms with E-state index in [1.54, 1.807) is 24.3 Å². The molecule has 2 atom stereocenters. The summed E-state index contributed by atoms with van der Waals surface area (Å²) in [5.41, 5.74) is 8.96. The second kappa shape index (κ2) is 12.0. The number of halogens is 2. The average molecular weight is 507 g/mol. The molecule has 4 N–H and O–H groups in total. The van der Waals surface area contributed by atoms with Gasteiger partial charge in [0.25, 0.3) is 0 Å². The lowest BCUT2D eigenvalue weighted by molar-refractivity contribution is 0.280. The number of nitrogens with one attached hydrogen (secondary N) is 2. The van der Waals surface area contributed by atoms with Crippen LogP contribution < -0.4 is 21.3 Å². The smallest absolute Gasteiger partial charge is 0.142 e. The van der Waals surface area contributed by atoms with Crippen molar-refractivity contribution < 1.29 is 8.78 Å². The zero-order valence-corrected chi connectivity index (χ0v) is 21.2. The van der Waals surface area contributed by atoms with Crippen molar-refractivity contribution in [2.45, 2.75) is 38.1 Å². The Morgan fingerprint density at radius 3 is 2.35 bits per heavy atom. The van der Waals surface area contributed by atoms with E-state index in [2.05, 4.69) is 25.5 Å². The van der Waals surface area contributed by atoms with Crippen molar-refractivity contribution >= 4 is 11.6 Å². The van der Waals surface area contributed by atoms with Crippen molar-refractivity contribution in [3.63, 3.8) is 0 Å². The number of nitrogens with two attached hydrogens (primary N) is 1. The molecule has 0 spiro atoms. The van der Waals surface area contributed by atoms with Crippen molar-refractivity contribution in [3.05, 3.63) is 72.1 Å². The highest BCUT2D eigenvalue weighted by Crippen LogP contribution is 2.37.